The summed E-state index contributed by atoms with van der Waals surface area (Å²) in [5.41, 5.74) is 7.80. The molecule has 2 N–H and O–H groups in total. The van der Waals surface area contributed by atoms with Gasteiger partial charge in [-0.05, 0) is 47.0 Å². The highest BCUT2D eigenvalue weighted by molar-refractivity contribution is 9.10. The Kier molecular flexibility index (Phi) is 2.99. The lowest BCUT2D eigenvalue weighted by Gasteiger charge is -2.07. The first-order chi connectivity index (χ1) is 8.63. The van der Waals surface area contributed by atoms with Gasteiger partial charge in [-0.3, -0.25) is 0 Å². The van der Waals surface area contributed by atoms with Crippen molar-refractivity contribution in [3.05, 3.63) is 39.5 Å². The third-order valence-corrected chi connectivity index (χ3v) is 3.82. The minimum Gasteiger partial charge on any atom is -0.384 e. The fourth-order valence-corrected chi connectivity index (χ4v) is 2.73. The Labute approximate surface area is 119 Å². The van der Waals surface area contributed by atoms with E-state index < -0.39 is 0 Å². The van der Waals surface area contributed by atoms with Crippen molar-refractivity contribution in [2.45, 2.75) is 18.8 Å². The van der Waals surface area contributed by atoms with Crippen LogP contribution in [-0.4, -0.2) is 9.97 Å². The van der Waals surface area contributed by atoms with E-state index >= 15 is 0 Å². The van der Waals surface area contributed by atoms with Crippen LogP contribution in [-0.2, 0) is 0 Å². The molecular weight excluding hydrogens is 314 g/mol. The summed E-state index contributed by atoms with van der Waals surface area (Å²) in [6.07, 6.45) is 2.38. The van der Waals surface area contributed by atoms with Crippen LogP contribution in [0.4, 0.5) is 5.82 Å². The Morgan fingerprint density at radius 3 is 2.67 bits per heavy atom. The van der Waals surface area contributed by atoms with Gasteiger partial charge in [0.25, 0.3) is 0 Å². The number of nitrogen functional groups attached to an aromatic ring is 1. The summed E-state index contributed by atoms with van der Waals surface area (Å²) < 4.78 is 0.877. The topological polar surface area (TPSA) is 51.8 Å². The summed E-state index contributed by atoms with van der Waals surface area (Å²) in [7, 11) is 0. The molecule has 18 heavy (non-hydrogen) atoms. The van der Waals surface area contributed by atoms with Crippen molar-refractivity contribution in [2.24, 2.45) is 0 Å². The zero-order valence-electron chi connectivity index (χ0n) is 9.53. The SMILES string of the molecule is Nc1cc(C2CC2)nc(-c2ccc(Cl)cc2Br)n1. The number of halogens is 2. The van der Waals surface area contributed by atoms with Crippen LogP contribution in [0.2, 0.25) is 5.02 Å². The van der Waals surface area contributed by atoms with Crippen LogP contribution in [0.15, 0.2) is 28.7 Å². The second kappa shape index (κ2) is 4.52. The predicted octanol–water partition coefficient (Wildman–Crippen LogP) is 4.02. The van der Waals surface area contributed by atoms with Crippen LogP contribution in [0.25, 0.3) is 11.4 Å². The molecule has 0 saturated heterocycles. The van der Waals surface area contributed by atoms with E-state index in [4.69, 9.17) is 17.3 Å². The Morgan fingerprint density at radius 1 is 1.22 bits per heavy atom. The highest BCUT2D eigenvalue weighted by Gasteiger charge is 2.26. The molecule has 0 unspecified atom stereocenters. The Bertz CT molecular complexity index is 611. The molecule has 1 saturated carbocycles. The van der Waals surface area contributed by atoms with E-state index in [9.17, 15) is 0 Å². The minimum atomic E-state index is 0.517. The first-order valence-corrected chi connectivity index (χ1v) is 6.90. The van der Waals surface area contributed by atoms with Crippen molar-refractivity contribution < 1.29 is 0 Å². The molecule has 0 radical (unpaired) electrons. The van der Waals surface area contributed by atoms with E-state index in [1.807, 2.05) is 24.3 Å². The van der Waals surface area contributed by atoms with Crippen LogP contribution in [0.5, 0.6) is 0 Å². The molecule has 1 aliphatic carbocycles. The van der Waals surface area contributed by atoms with Crippen LogP contribution < -0.4 is 5.73 Å². The van der Waals surface area contributed by atoms with Gasteiger partial charge < -0.3 is 5.73 Å². The van der Waals surface area contributed by atoms with Crippen LogP contribution >= 0.6 is 27.5 Å². The van der Waals surface area contributed by atoms with E-state index in [0.29, 0.717) is 22.6 Å². The van der Waals surface area contributed by atoms with Crippen molar-refractivity contribution in [2.75, 3.05) is 5.73 Å². The summed E-state index contributed by atoms with van der Waals surface area (Å²) in [6, 6.07) is 7.42. The van der Waals surface area contributed by atoms with E-state index in [-0.39, 0.29) is 0 Å². The van der Waals surface area contributed by atoms with Crippen LogP contribution in [0.3, 0.4) is 0 Å². The van der Waals surface area contributed by atoms with Gasteiger partial charge in [-0.2, -0.15) is 0 Å². The summed E-state index contributed by atoms with van der Waals surface area (Å²) in [6.45, 7) is 0. The molecule has 92 valence electrons. The fourth-order valence-electron chi connectivity index (χ4n) is 1.87. The molecule has 1 fully saturated rings. The molecule has 0 aliphatic heterocycles. The second-order valence-corrected chi connectivity index (χ2v) is 5.73. The Hall–Kier alpha value is -1.13. The van der Waals surface area contributed by atoms with Gasteiger partial charge in [0.05, 0.1) is 0 Å². The van der Waals surface area contributed by atoms with Crippen molar-refractivity contribution in [3.8, 4) is 11.4 Å². The Morgan fingerprint density at radius 2 is 2.00 bits per heavy atom. The molecule has 1 aromatic heterocycles. The maximum absolute atomic E-state index is 5.93. The molecule has 5 heteroatoms. The minimum absolute atomic E-state index is 0.517. The maximum atomic E-state index is 5.93. The van der Waals surface area contributed by atoms with Crippen molar-refractivity contribution in [3.63, 3.8) is 0 Å². The summed E-state index contributed by atoms with van der Waals surface area (Å²) >= 11 is 9.41. The lowest BCUT2D eigenvalue weighted by Crippen LogP contribution is -1.99. The third kappa shape index (κ3) is 2.35. The molecule has 0 bridgehead atoms. The summed E-state index contributed by atoms with van der Waals surface area (Å²) in [5.74, 6) is 1.73. The van der Waals surface area contributed by atoms with Crippen molar-refractivity contribution in [1.82, 2.24) is 9.97 Å². The van der Waals surface area contributed by atoms with Gasteiger partial charge in [0, 0.05) is 32.7 Å². The van der Waals surface area contributed by atoms with Crippen molar-refractivity contribution in [1.29, 1.82) is 0 Å². The molecule has 1 aromatic carbocycles. The molecule has 2 aromatic rings. The standard InChI is InChI=1S/C13H11BrClN3/c14-10-5-8(15)3-4-9(10)13-17-11(7-1-2-7)6-12(16)18-13/h3-7H,1-2H2,(H2,16,17,18). The number of benzene rings is 1. The van der Waals surface area contributed by atoms with Crippen molar-refractivity contribution >= 4 is 33.3 Å². The van der Waals surface area contributed by atoms with E-state index in [0.717, 1.165) is 15.7 Å². The smallest absolute Gasteiger partial charge is 0.162 e. The molecule has 0 amide bonds. The fraction of sp³-hybridized carbons (Fsp3) is 0.231. The molecule has 3 rings (SSSR count). The first-order valence-electron chi connectivity index (χ1n) is 5.73. The number of nitrogens with zero attached hydrogens (tertiary/aromatic N) is 2. The summed E-state index contributed by atoms with van der Waals surface area (Å²) in [4.78, 5) is 8.89. The lowest BCUT2D eigenvalue weighted by molar-refractivity contribution is 0.998. The maximum Gasteiger partial charge on any atom is 0.162 e. The zero-order valence-corrected chi connectivity index (χ0v) is 11.9. The van der Waals surface area contributed by atoms with Gasteiger partial charge in [-0.15, -0.1) is 0 Å². The molecular formula is C13H11BrClN3. The molecule has 1 heterocycles. The number of anilines is 1. The van der Waals surface area contributed by atoms with Crippen LogP contribution in [0, 0.1) is 0 Å². The molecule has 0 spiro atoms. The Balaban J connectivity index is 2.10. The van der Waals surface area contributed by atoms with Gasteiger partial charge in [0.2, 0.25) is 0 Å². The van der Waals surface area contributed by atoms with Gasteiger partial charge in [0.15, 0.2) is 5.82 Å². The third-order valence-electron chi connectivity index (χ3n) is 2.93. The number of rotatable bonds is 2. The normalized spacial score (nSPS) is 14.8. The predicted molar refractivity (Wildman–Crippen MR) is 76.6 cm³/mol. The highest BCUT2D eigenvalue weighted by atomic mass is 79.9. The largest absolute Gasteiger partial charge is 0.384 e. The van der Waals surface area contributed by atoms with Gasteiger partial charge in [-0.25, -0.2) is 9.97 Å². The molecule has 3 nitrogen and oxygen atoms in total. The highest BCUT2D eigenvalue weighted by Crippen LogP contribution is 2.40. The van der Waals surface area contributed by atoms with E-state index in [2.05, 4.69) is 25.9 Å². The van der Waals surface area contributed by atoms with Gasteiger partial charge in [0.1, 0.15) is 5.82 Å². The van der Waals surface area contributed by atoms with Crippen LogP contribution in [0.1, 0.15) is 24.5 Å². The van der Waals surface area contributed by atoms with Gasteiger partial charge in [-0.1, -0.05) is 11.6 Å². The lowest BCUT2D eigenvalue weighted by atomic mass is 10.2. The summed E-state index contributed by atoms with van der Waals surface area (Å²) in [5, 5.41) is 0.678. The van der Waals surface area contributed by atoms with Gasteiger partial charge >= 0.3 is 0 Å². The average Bonchev–Trinajstić information content (AvgIpc) is 3.11. The van der Waals surface area contributed by atoms with E-state index in [1.165, 1.54) is 12.8 Å². The average molecular weight is 325 g/mol. The first kappa shape index (κ1) is 11.9. The molecule has 0 atom stereocenters. The zero-order chi connectivity index (χ0) is 12.7. The quantitative estimate of drug-likeness (QED) is 0.907. The monoisotopic (exact) mass is 323 g/mol. The number of nitrogens with two attached hydrogens (primary N) is 1. The number of aromatic nitrogens is 2. The van der Waals surface area contributed by atoms with E-state index in [1.54, 1.807) is 0 Å². The second-order valence-electron chi connectivity index (χ2n) is 4.44. The molecule has 1 aliphatic rings. The number of hydrogen-bond donors (Lipinski definition) is 1. The number of hydrogen-bond acceptors (Lipinski definition) is 3.